The minimum atomic E-state index is -0.367. The van der Waals surface area contributed by atoms with E-state index in [-0.39, 0.29) is 22.3 Å². The third-order valence-electron chi connectivity index (χ3n) is 5.80. The van der Waals surface area contributed by atoms with Crippen LogP contribution in [0.3, 0.4) is 0 Å². The molecule has 6 nitrogen and oxygen atoms in total. The molecule has 0 saturated carbocycles. The second kappa shape index (κ2) is 10.1. The number of nitrogens with zero attached hydrogens (tertiary/aromatic N) is 2. The molecule has 1 aliphatic heterocycles. The highest BCUT2D eigenvalue weighted by Gasteiger charge is 2.31. The van der Waals surface area contributed by atoms with Crippen LogP contribution in [-0.4, -0.2) is 48.3 Å². The van der Waals surface area contributed by atoms with E-state index in [9.17, 15) is 14.4 Å². The predicted octanol–water partition coefficient (Wildman–Crippen LogP) is 4.59. The van der Waals surface area contributed by atoms with Crippen LogP contribution in [0.1, 0.15) is 21.5 Å². The lowest BCUT2D eigenvalue weighted by Crippen LogP contribution is -2.26. The Kier molecular flexibility index (Phi) is 7.03. The van der Waals surface area contributed by atoms with Gasteiger partial charge in [0, 0.05) is 38.9 Å². The van der Waals surface area contributed by atoms with Crippen LogP contribution < -0.4 is 10.2 Å². The summed E-state index contributed by atoms with van der Waals surface area (Å²) in [5, 5.41) is 1.68. The maximum absolute atomic E-state index is 12.9. The maximum Gasteiger partial charge on any atom is 0.286 e. The van der Waals surface area contributed by atoms with Gasteiger partial charge in [-0.25, -0.2) is 0 Å². The number of carbonyl (C=O) groups excluding carboxylic acids is 3. The van der Waals surface area contributed by atoms with Crippen molar-refractivity contribution in [3.05, 3.63) is 89.5 Å². The average Bonchev–Trinajstić information content (AvgIpc) is 3.15. The second-order valence-electron chi connectivity index (χ2n) is 8.59. The number of imide groups is 1. The van der Waals surface area contributed by atoms with Crippen molar-refractivity contribution < 1.29 is 14.4 Å². The molecule has 0 aromatic heterocycles. The minimum Gasteiger partial charge on any atom is -0.378 e. The van der Waals surface area contributed by atoms with Crippen LogP contribution >= 0.6 is 11.8 Å². The van der Waals surface area contributed by atoms with E-state index >= 15 is 0 Å². The molecule has 3 aromatic rings. The molecule has 1 saturated heterocycles. The Morgan fingerprint density at radius 3 is 2.21 bits per heavy atom. The number of nitrogens with one attached hydrogen (secondary N) is 1. The summed E-state index contributed by atoms with van der Waals surface area (Å²) in [4.78, 5) is 39.8. The fourth-order valence-electron chi connectivity index (χ4n) is 3.89. The van der Waals surface area contributed by atoms with Crippen molar-refractivity contribution in [2.75, 3.05) is 26.0 Å². The standard InChI is InChI=1S/C27H27N3O3S/c1-29(2)23-13-11-21(12-14-23)26(32)30(3)17-19-5-4-6-22(15-19)20-9-7-18(8-10-20)16-24-25(31)28-27(33)34-24/h4-15,24H,16-17H2,1-3H3,(H,28,31,33). The van der Waals surface area contributed by atoms with Crippen LogP contribution in [-0.2, 0) is 17.8 Å². The van der Waals surface area contributed by atoms with Crippen molar-refractivity contribution in [3.63, 3.8) is 0 Å². The maximum atomic E-state index is 12.9. The van der Waals surface area contributed by atoms with Crippen molar-refractivity contribution >= 4 is 34.5 Å². The highest BCUT2D eigenvalue weighted by atomic mass is 32.2. The number of thioether (sulfide) groups is 1. The van der Waals surface area contributed by atoms with E-state index < -0.39 is 0 Å². The van der Waals surface area contributed by atoms with Gasteiger partial charge in [-0.2, -0.15) is 0 Å². The normalized spacial score (nSPS) is 15.2. The van der Waals surface area contributed by atoms with E-state index in [1.807, 2.05) is 92.8 Å². The summed E-state index contributed by atoms with van der Waals surface area (Å²) >= 11 is 1.05. The second-order valence-corrected chi connectivity index (χ2v) is 9.76. The van der Waals surface area contributed by atoms with Crippen molar-refractivity contribution in [1.82, 2.24) is 10.2 Å². The van der Waals surface area contributed by atoms with E-state index in [2.05, 4.69) is 11.4 Å². The molecule has 1 aliphatic rings. The van der Waals surface area contributed by atoms with Crippen molar-refractivity contribution in [2.24, 2.45) is 0 Å². The van der Waals surface area contributed by atoms with Crippen LogP contribution in [0.15, 0.2) is 72.8 Å². The summed E-state index contributed by atoms with van der Waals surface area (Å²) in [7, 11) is 5.75. The molecule has 0 radical (unpaired) electrons. The van der Waals surface area contributed by atoms with E-state index in [1.54, 1.807) is 4.90 Å². The van der Waals surface area contributed by atoms with Gasteiger partial charge in [0.2, 0.25) is 5.91 Å². The molecular weight excluding hydrogens is 446 g/mol. The summed E-state index contributed by atoms with van der Waals surface area (Å²) in [5.41, 5.74) is 5.88. The lowest BCUT2D eigenvalue weighted by atomic mass is 10.00. The van der Waals surface area contributed by atoms with Gasteiger partial charge in [0.25, 0.3) is 11.1 Å². The van der Waals surface area contributed by atoms with Crippen LogP contribution in [0.5, 0.6) is 0 Å². The number of carbonyl (C=O) groups is 3. The molecule has 1 N–H and O–H groups in total. The van der Waals surface area contributed by atoms with E-state index in [4.69, 9.17) is 0 Å². The Bertz CT molecular complexity index is 1210. The van der Waals surface area contributed by atoms with Crippen LogP contribution in [0.25, 0.3) is 11.1 Å². The first-order valence-electron chi connectivity index (χ1n) is 11.0. The summed E-state index contributed by atoms with van der Waals surface area (Å²) in [5.74, 6) is -0.244. The van der Waals surface area contributed by atoms with Gasteiger partial charge in [-0.3, -0.25) is 19.7 Å². The Balaban J connectivity index is 1.41. The van der Waals surface area contributed by atoms with E-state index in [0.717, 1.165) is 39.7 Å². The zero-order valence-electron chi connectivity index (χ0n) is 19.4. The van der Waals surface area contributed by atoms with Crippen LogP contribution in [0.2, 0.25) is 0 Å². The lowest BCUT2D eigenvalue weighted by molar-refractivity contribution is -0.118. The van der Waals surface area contributed by atoms with E-state index in [0.29, 0.717) is 18.5 Å². The van der Waals surface area contributed by atoms with Gasteiger partial charge in [-0.05, 0) is 59.0 Å². The first-order valence-corrected chi connectivity index (χ1v) is 11.9. The highest BCUT2D eigenvalue weighted by Crippen LogP contribution is 2.26. The predicted molar refractivity (Wildman–Crippen MR) is 137 cm³/mol. The Hall–Kier alpha value is -3.58. The monoisotopic (exact) mass is 473 g/mol. The number of anilines is 1. The summed E-state index contributed by atoms with van der Waals surface area (Å²) < 4.78 is 0. The summed E-state index contributed by atoms with van der Waals surface area (Å²) in [6.45, 7) is 0.502. The smallest absolute Gasteiger partial charge is 0.286 e. The molecule has 0 aliphatic carbocycles. The molecule has 1 atom stereocenters. The number of hydrogen-bond acceptors (Lipinski definition) is 5. The Morgan fingerprint density at radius 1 is 0.882 bits per heavy atom. The zero-order valence-corrected chi connectivity index (χ0v) is 20.3. The molecule has 0 spiro atoms. The summed E-state index contributed by atoms with van der Waals surface area (Å²) in [6.07, 6.45) is 0.519. The minimum absolute atomic E-state index is 0.0210. The molecule has 1 fully saturated rings. The van der Waals surface area contributed by atoms with Gasteiger partial charge < -0.3 is 9.80 Å². The third kappa shape index (κ3) is 5.48. The van der Waals surface area contributed by atoms with Crippen molar-refractivity contribution in [2.45, 2.75) is 18.2 Å². The van der Waals surface area contributed by atoms with Gasteiger partial charge in [-0.1, -0.05) is 54.2 Å². The molecule has 1 unspecified atom stereocenters. The Morgan fingerprint density at radius 2 is 1.59 bits per heavy atom. The molecule has 1 heterocycles. The lowest BCUT2D eigenvalue weighted by Gasteiger charge is -2.19. The molecule has 4 rings (SSSR count). The van der Waals surface area contributed by atoms with Gasteiger partial charge >= 0.3 is 0 Å². The fraction of sp³-hybridized carbons (Fsp3) is 0.222. The van der Waals surface area contributed by atoms with Gasteiger partial charge in [0.15, 0.2) is 0 Å². The molecule has 3 amide bonds. The first-order chi connectivity index (χ1) is 16.3. The van der Waals surface area contributed by atoms with Gasteiger partial charge in [0.05, 0.1) is 5.25 Å². The number of benzene rings is 3. The fourth-order valence-corrected chi connectivity index (χ4v) is 4.75. The molecular formula is C27H27N3O3S. The third-order valence-corrected chi connectivity index (χ3v) is 6.78. The molecule has 0 bridgehead atoms. The summed E-state index contributed by atoms with van der Waals surface area (Å²) in [6, 6.07) is 23.8. The molecule has 34 heavy (non-hydrogen) atoms. The topological polar surface area (TPSA) is 69.7 Å². The molecule has 174 valence electrons. The van der Waals surface area contributed by atoms with Gasteiger partial charge in [0.1, 0.15) is 0 Å². The average molecular weight is 474 g/mol. The number of amides is 3. The van der Waals surface area contributed by atoms with Gasteiger partial charge in [-0.15, -0.1) is 0 Å². The zero-order chi connectivity index (χ0) is 24.2. The SMILES string of the molecule is CN(Cc1cccc(-c2ccc(CC3SC(=O)NC3=O)cc2)c1)C(=O)c1ccc(N(C)C)cc1. The van der Waals surface area contributed by atoms with E-state index in [1.165, 1.54) is 0 Å². The molecule has 3 aromatic carbocycles. The van der Waals surface area contributed by atoms with Crippen LogP contribution in [0, 0.1) is 0 Å². The number of hydrogen-bond donors (Lipinski definition) is 1. The quantitative estimate of drug-likeness (QED) is 0.544. The number of rotatable bonds is 7. The van der Waals surface area contributed by atoms with Crippen molar-refractivity contribution in [1.29, 1.82) is 0 Å². The highest BCUT2D eigenvalue weighted by molar-refractivity contribution is 8.15. The molecule has 7 heteroatoms. The van der Waals surface area contributed by atoms with Crippen LogP contribution in [0.4, 0.5) is 10.5 Å². The van der Waals surface area contributed by atoms with Crippen molar-refractivity contribution in [3.8, 4) is 11.1 Å². The largest absolute Gasteiger partial charge is 0.378 e. The first kappa shape index (κ1) is 23.6. The Labute approximate surface area is 204 Å².